The zero-order valence-electron chi connectivity index (χ0n) is 10.3. The molecule has 3 N–H and O–H groups in total. The molecule has 98 valence electrons. The molecule has 0 aromatic heterocycles. The van der Waals surface area contributed by atoms with E-state index in [1.165, 1.54) is 6.07 Å². The van der Waals surface area contributed by atoms with E-state index in [9.17, 15) is 14.7 Å². The van der Waals surface area contributed by atoms with Crippen molar-refractivity contribution in [1.29, 1.82) is 0 Å². The van der Waals surface area contributed by atoms with Crippen LogP contribution in [0.1, 0.15) is 35.2 Å². The number of hydrogen-bond acceptors (Lipinski definition) is 3. The van der Waals surface area contributed by atoms with Crippen LogP contribution in [0.15, 0.2) is 18.2 Å². The summed E-state index contributed by atoms with van der Waals surface area (Å²) in [7, 11) is 0. The molecule has 1 amide bonds. The van der Waals surface area contributed by atoms with Crippen LogP contribution in [-0.4, -0.2) is 28.6 Å². The maximum Gasteiger partial charge on any atom is 0.303 e. The quantitative estimate of drug-likeness (QED) is 0.671. The Hall–Kier alpha value is -2.04. The molecule has 0 aliphatic carbocycles. The number of benzene rings is 1. The van der Waals surface area contributed by atoms with Gasteiger partial charge in [0.1, 0.15) is 5.75 Å². The van der Waals surface area contributed by atoms with E-state index in [1.807, 2.05) is 0 Å². The number of phenols is 1. The van der Waals surface area contributed by atoms with Gasteiger partial charge in [-0.25, -0.2) is 0 Å². The Morgan fingerprint density at radius 1 is 1.28 bits per heavy atom. The number of carbonyl (C=O) groups is 2. The number of aromatic hydroxyl groups is 1. The standard InChI is InChI=1S/C13H17NO4/c1-9-5-6-10(8-11(9)15)13(18)14-7-3-2-4-12(16)17/h5-6,8,15H,2-4,7H2,1H3,(H,14,18)(H,16,17). The third-order valence-electron chi connectivity index (χ3n) is 2.57. The zero-order valence-corrected chi connectivity index (χ0v) is 10.3. The van der Waals surface area contributed by atoms with Gasteiger partial charge in [-0.1, -0.05) is 6.07 Å². The average Bonchev–Trinajstić information content (AvgIpc) is 2.31. The fourth-order valence-corrected chi connectivity index (χ4v) is 1.46. The van der Waals surface area contributed by atoms with Crippen molar-refractivity contribution in [2.24, 2.45) is 0 Å². The summed E-state index contributed by atoms with van der Waals surface area (Å²) in [4.78, 5) is 21.9. The lowest BCUT2D eigenvalue weighted by Crippen LogP contribution is -2.24. The molecular formula is C13H17NO4. The third kappa shape index (κ3) is 4.45. The first-order valence-corrected chi connectivity index (χ1v) is 5.80. The Bertz CT molecular complexity index is 443. The van der Waals surface area contributed by atoms with Crippen molar-refractivity contribution < 1.29 is 19.8 Å². The van der Waals surface area contributed by atoms with Crippen molar-refractivity contribution in [3.8, 4) is 5.75 Å². The fourth-order valence-electron chi connectivity index (χ4n) is 1.46. The molecule has 1 rings (SSSR count). The second kappa shape index (κ2) is 6.64. The molecule has 0 unspecified atom stereocenters. The van der Waals surface area contributed by atoms with E-state index in [0.717, 1.165) is 0 Å². The second-order valence-corrected chi connectivity index (χ2v) is 4.11. The molecule has 0 atom stereocenters. The highest BCUT2D eigenvalue weighted by molar-refractivity contribution is 5.94. The smallest absolute Gasteiger partial charge is 0.303 e. The Labute approximate surface area is 105 Å². The highest BCUT2D eigenvalue weighted by Gasteiger charge is 2.07. The predicted octanol–water partition coefficient (Wildman–Crippen LogP) is 1.69. The number of carboxylic acid groups (broad SMARTS) is 1. The summed E-state index contributed by atoms with van der Waals surface area (Å²) in [6.07, 6.45) is 1.27. The summed E-state index contributed by atoms with van der Waals surface area (Å²) in [5.41, 5.74) is 1.12. The number of phenolic OH excluding ortho intramolecular Hbond substituents is 1. The average molecular weight is 251 g/mol. The first-order valence-electron chi connectivity index (χ1n) is 5.80. The van der Waals surface area contributed by atoms with Gasteiger partial charge in [-0.3, -0.25) is 9.59 Å². The molecule has 1 aromatic carbocycles. The maximum atomic E-state index is 11.7. The van der Waals surface area contributed by atoms with Gasteiger partial charge < -0.3 is 15.5 Å². The summed E-state index contributed by atoms with van der Waals surface area (Å²) < 4.78 is 0. The number of carbonyl (C=O) groups excluding carboxylic acids is 1. The highest BCUT2D eigenvalue weighted by atomic mass is 16.4. The van der Waals surface area contributed by atoms with Crippen molar-refractivity contribution >= 4 is 11.9 Å². The number of carboxylic acids is 1. The normalized spacial score (nSPS) is 10.1. The summed E-state index contributed by atoms with van der Waals surface area (Å²) in [5, 5.41) is 20.6. The van der Waals surface area contributed by atoms with Crippen LogP contribution in [0, 0.1) is 6.92 Å². The summed E-state index contributed by atoms with van der Waals surface area (Å²) in [5.74, 6) is -1.00. The molecule has 18 heavy (non-hydrogen) atoms. The zero-order chi connectivity index (χ0) is 13.5. The molecule has 0 radical (unpaired) electrons. The van der Waals surface area contributed by atoms with Crippen molar-refractivity contribution in [3.05, 3.63) is 29.3 Å². The molecule has 0 heterocycles. The molecule has 0 fully saturated rings. The number of hydrogen-bond donors (Lipinski definition) is 3. The van der Waals surface area contributed by atoms with Gasteiger partial charge in [0.2, 0.25) is 0 Å². The summed E-state index contributed by atoms with van der Waals surface area (Å²) in [6, 6.07) is 4.73. The van der Waals surface area contributed by atoms with Crippen LogP contribution in [0.25, 0.3) is 0 Å². The van der Waals surface area contributed by atoms with Gasteiger partial charge in [0.15, 0.2) is 0 Å². The maximum absolute atomic E-state index is 11.7. The van der Waals surface area contributed by atoms with E-state index in [2.05, 4.69) is 5.32 Å². The van der Waals surface area contributed by atoms with Crippen LogP contribution in [-0.2, 0) is 4.79 Å². The second-order valence-electron chi connectivity index (χ2n) is 4.11. The van der Waals surface area contributed by atoms with Crippen LogP contribution < -0.4 is 5.32 Å². The highest BCUT2D eigenvalue weighted by Crippen LogP contribution is 2.17. The van der Waals surface area contributed by atoms with E-state index >= 15 is 0 Å². The van der Waals surface area contributed by atoms with Crippen molar-refractivity contribution in [1.82, 2.24) is 5.32 Å². The van der Waals surface area contributed by atoms with Gasteiger partial charge in [-0.05, 0) is 37.5 Å². The molecule has 5 heteroatoms. The Balaban J connectivity index is 2.36. The lowest BCUT2D eigenvalue weighted by atomic mass is 10.1. The Morgan fingerprint density at radius 2 is 2.00 bits per heavy atom. The monoisotopic (exact) mass is 251 g/mol. The topological polar surface area (TPSA) is 86.6 Å². The van der Waals surface area contributed by atoms with Crippen LogP contribution in [0.4, 0.5) is 0 Å². The summed E-state index contributed by atoms with van der Waals surface area (Å²) >= 11 is 0. The van der Waals surface area contributed by atoms with Crippen molar-refractivity contribution in [2.75, 3.05) is 6.54 Å². The molecular weight excluding hydrogens is 234 g/mol. The molecule has 0 aliphatic rings. The van der Waals surface area contributed by atoms with Crippen LogP contribution in [0.2, 0.25) is 0 Å². The van der Waals surface area contributed by atoms with E-state index in [1.54, 1.807) is 19.1 Å². The van der Waals surface area contributed by atoms with Gasteiger partial charge in [0, 0.05) is 18.5 Å². The van der Waals surface area contributed by atoms with E-state index in [4.69, 9.17) is 5.11 Å². The van der Waals surface area contributed by atoms with Gasteiger partial charge in [0.05, 0.1) is 0 Å². The molecule has 0 saturated carbocycles. The van der Waals surface area contributed by atoms with Crippen molar-refractivity contribution in [2.45, 2.75) is 26.2 Å². The van der Waals surface area contributed by atoms with Crippen LogP contribution in [0.3, 0.4) is 0 Å². The lowest BCUT2D eigenvalue weighted by Gasteiger charge is -2.06. The third-order valence-corrected chi connectivity index (χ3v) is 2.57. The van der Waals surface area contributed by atoms with Gasteiger partial charge in [-0.2, -0.15) is 0 Å². The molecule has 0 aliphatic heterocycles. The minimum Gasteiger partial charge on any atom is -0.508 e. The molecule has 5 nitrogen and oxygen atoms in total. The van der Waals surface area contributed by atoms with Crippen molar-refractivity contribution in [3.63, 3.8) is 0 Å². The van der Waals surface area contributed by atoms with Crippen LogP contribution in [0.5, 0.6) is 5.75 Å². The largest absolute Gasteiger partial charge is 0.508 e. The fraction of sp³-hybridized carbons (Fsp3) is 0.385. The van der Waals surface area contributed by atoms with Crippen LogP contribution >= 0.6 is 0 Å². The minimum atomic E-state index is -0.829. The first-order chi connectivity index (χ1) is 8.50. The van der Waals surface area contributed by atoms with Gasteiger partial charge in [0.25, 0.3) is 5.91 Å². The Kier molecular flexibility index (Phi) is 5.17. The first kappa shape index (κ1) is 14.0. The van der Waals surface area contributed by atoms with E-state index in [-0.39, 0.29) is 18.1 Å². The molecule has 0 spiro atoms. The summed E-state index contributed by atoms with van der Waals surface area (Å²) in [6.45, 7) is 2.18. The molecule has 1 aromatic rings. The van der Waals surface area contributed by atoms with E-state index < -0.39 is 5.97 Å². The number of aliphatic carboxylic acids is 1. The number of unbranched alkanes of at least 4 members (excludes halogenated alkanes) is 1. The SMILES string of the molecule is Cc1ccc(C(=O)NCCCCC(=O)O)cc1O. The minimum absolute atomic E-state index is 0.0912. The Morgan fingerprint density at radius 3 is 2.61 bits per heavy atom. The lowest BCUT2D eigenvalue weighted by molar-refractivity contribution is -0.137. The number of rotatable bonds is 6. The number of aryl methyl sites for hydroxylation is 1. The van der Waals surface area contributed by atoms with Gasteiger partial charge in [-0.15, -0.1) is 0 Å². The predicted molar refractivity (Wildman–Crippen MR) is 66.7 cm³/mol. The van der Waals surface area contributed by atoms with Gasteiger partial charge >= 0.3 is 5.97 Å². The molecule has 0 bridgehead atoms. The molecule has 0 saturated heterocycles. The number of amides is 1. The van der Waals surface area contributed by atoms with E-state index in [0.29, 0.717) is 30.5 Å². The number of nitrogens with one attached hydrogen (secondary N) is 1.